The highest BCUT2D eigenvalue weighted by atomic mass is 35.5. The summed E-state index contributed by atoms with van der Waals surface area (Å²) in [4.78, 5) is 4.19. The van der Waals surface area contributed by atoms with Crippen molar-refractivity contribution >= 4 is 29.0 Å². The molecule has 1 aromatic carbocycles. The molecule has 13 heavy (non-hydrogen) atoms. The molecule has 0 saturated heterocycles. The monoisotopic (exact) mass is 195 g/mol. The lowest BCUT2D eigenvalue weighted by molar-refractivity contribution is 1.35. The first-order valence-corrected chi connectivity index (χ1v) is 3.72. The second-order valence-corrected chi connectivity index (χ2v) is 2.52. The third kappa shape index (κ3) is 1.71. The largest absolute Gasteiger partial charge is 0.323 e. The van der Waals surface area contributed by atoms with Gasteiger partial charge in [-0.25, -0.2) is 0 Å². The summed E-state index contributed by atoms with van der Waals surface area (Å²) in [6.45, 7) is 0. The van der Waals surface area contributed by atoms with E-state index in [1.54, 1.807) is 6.20 Å². The fraction of sp³-hybridized carbons (Fsp3) is 0. The number of nitrogens with zero attached hydrogens (tertiary/aromatic N) is 1. The molecule has 0 fully saturated rings. The molecule has 0 saturated carbocycles. The molecular formula is C9H10ClN3. The molecule has 68 valence electrons. The van der Waals surface area contributed by atoms with Gasteiger partial charge in [-0.3, -0.25) is 10.8 Å². The molecule has 0 aliphatic carbocycles. The number of halogens is 1. The van der Waals surface area contributed by atoms with Crippen LogP contribution in [0.25, 0.3) is 10.9 Å². The average molecular weight is 196 g/mol. The van der Waals surface area contributed by atoms with Gasteiger partial charge in [-0.1, -0.05) is 6.07 Å². The van der Waals surface area contributed by atoms with Gasteiger partial charge in [0.25, 0.3) is 0 Å². The minimum Gasteiger partial charge on any atom is -0.323 e. The van der Waals surface area contributed by atoms with Gasteiger partial charge in [-0.2, -0.15) is 0 Å². The van der Waals surface area contributed by atoms with Gasteiger partial charge in [0, 0.05) is 11.6 Å². The molecule has 0 bridgehead atoms. The number of nitrogen functional groups attached to an aromatic ring is 1. The van der Waals surface area contributed by atoms with E-state index in [9.17, 15) is 0 Å². The number of nitrogens with two attached hydrogens (primary N) is 1. The lowest BCUT2D eigenvalue weighted by atomic mass is 10.2. The zero-order chi connectivity index (χ0) is 8.39. The Hall–Kier alpha value is -1.32. The quantitative estimate of drug-likeness (QED) is 0.540. The number of anilines is 1. The van der Waals surface area contributed by atoms with Crippen molar-refractivity contribution in [1.82, 2.24) is 4.98 Å². The summed E-state index contributed by atoms with van der Waals surface area (Å²) in [5.41, 5.74) is 4.49. The van der Waals surface area contributed by atoms with E-state index in [0.717, 1.165) is 16.6 Å². The number of hydrogen-bond acceptors (Lipinski definition) is 3. The number of aromatic nitrogens is 1. The first-order valence-electron chi connectivity index (χ1n) is 3.72. The van der Waals surface area contributed by atoms with Crippen molar-refractivity contribution in [2.24, 2.45) is 5.84 Å². The molecule has 4 heteroatoms. The maximum absolute atomic E-state index is 5.34. The molecule has 0 aliphatic heterocycles. The van der Waals surface area contributed by atoms with E-state index in [2.05, 4.69) is 10.4 Å². The summed E-state index contributed by atoms with van der Waals surface area (Å²) in [6, 6.07) is 9.67. The van der Waals surface area contributed by atoms with Crippen molar-refractivity contribution in [3.8, 4) is 0 Å². The van der Waals surface area contributed by atoms with Gasteiger partial charge in [0.05, 0.1) is 11.2 Å². The van der Waals surface area contributed by atoms with Gasteiger partial charge >= 0.3 is 0 Å². The number of hydrazine groups is 1. The fourth-order valence-electron chi connectivity index (χ4n) is 1.23. The topological polar surface area (TPSA) is 50.9 Å². The summed E-state index contributed by atoms with van der Waals surface area (Å²) in [7, 11) is 0. The van der Waals surface area contributed by atoms with Gasteiger partial charge in [-0.15, -0.1) is 12.4 Å². The third-order valence-corrected chi connectivity index (χ3v) is 1.80. The molecule has 2 aromatic rings. The van der Waals surface area contributed by atoms with Crippen LogP contribution in [0.4, 0.5) is 5.69 Å². The van der Waals surface area contributed by atoms with Crippen molar-refractivity contribution in [1.29, 1.82) is 0 Å². The summed E-state index contributed by atoms with van der Waals surface area (Å²) in [5.74, 6) is 5.34. The molecule has 0 atom stereocenters. The van der Waals surface area contributed by atoms with Crippen LogP contribution in [0.2, 0.25) is 0 Å². The van der Waals surface area contributed by atoms with Crippen molar-refractivity contribution in [2.75, 3.05) is 5.43 Å². The van der Waals surface area contributed by atoms with Crippen molar-refractivity contribution in [3.05, 3.63) is 36.5 Å². The lowest BCUT2D eigenvalue weighted by Crippen LogP contribution is -2.06. The Morgan fingerprint density at radius 2 is 2.00 bits per heavy atom. The highest BCUT2D eigenvalue weighted by molar-refractivity contribution is 5.90. The van der Waals surface area contributed by atoms with Crippen molar-refractivity contribution < 1.29 is 0 Å². The van der Waals surface area contributed by atoms with Gasteiger partial charge in [0.1, 0.15) is 0 Å². The molecule has 0 radical (unpaired) electrons. The maximum Gasteiger partial charge on any atom is 0.0723 e. The summed E-state index contributed by atoms with van der Waals surface area (Å²) >= 11 is 0. The molecule has 2 rings (SSSR count). The number of hydrogen-bond donors (Lipinski definition) is 2. The normalized spacial score (nSPS) is 9.31. The number of rotatable bonds is 1. The summed E-state index contributed by atoms with van der Waals surface area (Å²) in [6.07, 6.45) is 1.77. The number of fused-ring (bicyclic) bond motifs is 1. The molecule has 0 unspecified atom stereocenters. The second kappa shape index (κ2) is 4.07. The van der Waals surface area contributed by atoms with Crippen LogP contribution in [-0.2, 0) is 0 Å². The first kappa shape index (κ1) is 9.77. The van der Waals surface area contributed by atoms with E-state index in [-0.39, 0.29) is 12.4 Å². The van der Waals surface area contributed by atoms with Crippen LogP contribution in [0.15, 0.2) is 36.5 Å². The minimum atomic E-state index is 0. The Balaban J connectivity index is 0.000000845. The molecule has 0 amide bonds. The Bertz CT molecular complexity index is 397. The first-order chi connectivity index (χ1) is 5.92. The van der Waals surface area contributed by atoms with Gasteiger partial charge < -0.3 is 5.43 Å². The maximum atomic E-state index is 5.34. The molecular weight excluding hydrogens is 186 g/mol. The summed E-state index contributed by atoms with van der Waals surface area (Å²) in [5, 5.41) is 1.04. The Morgan fingerprint density at radius 1 is 1.15 bits per heavy atom. The van der Waals surface area contributed by atoms with E-state index in [1.807, 2.05) is 30.3 Å². The fourth-order valence-corrected chi connectivity index (χ4v) is 1.23. The van der Waals surface area contributed by atoms with E-state index in [0.29, 0.717) is 0 Å². The van der Waals surface area contributed by atoms with Crippen LogP contribution in [-0.4, -0.2) is 4.98 Å². The molecule has 3 N–H and O–H groups in total. The second-order valence-electron chi connectivity index (χ2n) is 2.52. The number of pyridine rings is 1. The van der Waals surface area contributed by atoms with Crippen LogP contribution < -0.4 is 11.3 Å². The van der Waals surface area contributed by atoms with Crippen LogP contribution in [0, 0.1) is 0 Å². The zero-order valence-electron chi connectivity index (χ0n) is 6.90. The zero-order valence-corrected chi connectivity index (χ0v) is 7.71. The van der Waals surface area contributed by atoms with Gasteiger partial charge in [-0.05, 0) is 24.3 Å². The van der Waals surface area contributed by atoms with Gasteiger partial charge in [0.15, 0.2) is 0 Å². The average Bonchev–Trinajstić information content (AvgIpc) is 2.17. The van der Waals surface area contributed by atoms with Crippen molar-refractivity contribution in [2.45, 2.75) is 0 Å². The van der Waals surface area contributed by atoms with Crippen molar-refractivity contribution in [3.63, 3.8) is 0 Å². The van der Waals surface area contributed by atoms with Crippen LogP contribution in [0.3, 0.4) is 0 Å². The van der Waals surface area contributed by atoms with Crippen LogP contribution in [0.5, 0.6) is 0 Å². The molecule has 3 nitrogen and oxygen atoms in total. The third-order valence-electron chi connectivity index (χ3n) is 1.80. The van der Waals surface area contributed by atoms with Crippen LogP contribution >= 0.6 is 12.4 Å². The van der Waals surface area contributed by atoms with E-state index < -0.39 is 0 Å². The van der Waals surface area contributed by atoms with Gasteiger partial charge in [0.2, 0.25) is 0 Å². The number of nitrogens with one attached hydrogen (secondary N) is 1. The lowest BCUT2D eigenvalue weighted by Gasteiger charge is -2.03. The SMILES string of the molecule is Cl.NNc1cccc2ncccc12. The summed E-state index contributed by atoms with van der Waals surface area (Å²) < 4.78 is 0. The highest BCUT2D eigenvalue weighted by Gasteiger charge is 1.96. The minimum absolute atomic E-state index is 0. The van der Waals surface area contributed by atoms with E-state index >= 15 is 0 Å². The highest BCUT2D eigenvalue weighted by Crippen LogP contribution is 2.19. The smallest absolute Gasteiger partial charge is 0.0723 e. The van der Waals surface area contributed by atoms with E-state index in [4.69, 9.17) is 5.84 Å². The van der Waals surface area contributed by atoms with E-state index in [1.165, 1.54) is 0 Å². The Labute approximate surface area is 82.3 Å². The number of benzene rings is 1. The van der Waals surface area contributed by atoms with Crippen LogP contribution in [0.1, 0.15) is 0 Å². The predicted octanol–water partition coefficient (Wildman–Crippen LogP) is 1.94. The Morgan fingerprint density at radius 3 is 2.77 bits per heavy atom. The molecule has 1 aromatic heterocycles. The molecule has 0 aliphatic rings. The Kier molecular flexibility index (Phi) is 3.06. The molecule has 0 spiro atoms. The standard InChI is InChI=1S/C9H9N3.ClH/c10-12-9-5-1-4-8-7(9)3-2-6-11-8;/h1-6,12H,10H2;1H. The predicted molar refractivity (Wildman–Crippen MR) is 56.8 cm³/mol. The molecule has 1 heterocycles.